The molecular weight excluding hydrogens is 328 g/mol. The molecule has 1 aromatic carbocycles. The van der Waals surface area contributed by atoms with E-state index in [9.17, 15) is 10.1 Å². The summed E-state index contributed by atoms with van der Waals surface area (Å²) >= 11 is 5.27. The van der Waals surface area contributed by atoms with E-state index in [4.69, 9.17) is 16.6 Å². The predicted octanol–water partition coefficient (Wildman–Crippen LogP) is 2.59. The van der Waals surface area contributed by atoms with Crippen molar-refractivity contribution in [1.82, 2.24) is 9.78 Å². The Balaban J connectivity index is 1.78. The zero-order valence-corrected chi connectivity index (χ0v) is 14.3. The average Bonchev–Trinajstić information content (AvgIpc) is 2.91. The summed E-state index contributed by atoms with van der Waals surface area (Å²) in [5, 5.41) is 15.3. The van der Waals surface area contributed by atoms with Crippen LogP contribution in [0.5, 0.6) is 0 Å². The molecule has 7 nitrogen and oxygen atoms in total. The highest BCUT2D eigenvalue weighted by atomic mass is 32.1. The van der Waals surface area contributed by atoms with Gasteiger partial charge in [0.15, 0.2) is 6.67 Å². The Bertz CT molecular complexity index is 763. The van der Waals surface area contributed by atoms with E-state index in [1.165, 1.54) is 49.1 Å². The first-order chi connectivity index (χ1) is 11.6. The minimum Gasteiger partial charge on any atom is -0.409 e. The molecule has 2 aromatic rings. The van der Waals surface area contributed by atoms with E-state index in [1.54, 1.807) is 16.8 Å². The van der Waals surface area contributed by atoms with Crippen LogP contribution in [-0.2, 0) is 6.67 Å². The Morgan fingerprint density at radius 1 is 1.25 bits per heavy atom. The maximum atomic E-state index is 10.9. The standard InChI is InChI=1S/C16H20N4O3S/c21-20(22)14-8-6-7-13(11-14)15-17-19(16(24)23-15)12-18-9-4-2-1-3-5-10-18/h6-8,11H,1-5,9-10,12H2/p+1. The van der Waals surface area contributed by atoms with E-state index in [0.29, 0.717) is 23.0 Å². The highest BCUT2D eigenvalue weighted by Gasteiger charge is 2.16. The van der Waals surface area contributed by atoms with Crippen molar-refractivity contribution in [1.29, 1.82) is 0 Å². The zero-order valence-electron chi connectivity index (χ0n) is 13.4. The third-order valence-electron chi connectivity index (χ3n) is 4.34. The van der Waals surface area contributed by atoms with Gasteiger partial charge in [-0.2, -0.15) is 4.68 Å². The molecule has 0 spiro atoms. The predicted molar refractivity (Wildman–Crippen MR) is 91.2 cm³/mol. The van der Waals surface area contributed by atoms with Crippen molar-refractivity contribution in [3.05, 3.63) is 39.2 Å². The molecule has 0 radical (unpaired) electrons. The number of nitrogens with zero attached hydrogens (tertiary/aromatic N) is 3. The maximum Gasteiger partial charge on any atom is 0.292 e. The number of nitro benzene ring substituents is 1. The van der Waals surface area contributed by atoms with Gasteiger partial charge in [0.25, 0.3) is 10.5 Å². The average molecular weight is 349 g/mol. The Morgan fingerprint density at radius 3 is 2.67 bits per heavy atom. The van der Waals surface area contributed by atoms with Crippen LogP contribution in [0.25, 0.3) is 11.5 Å². The third-order valence-corrected chi connectivity index (χ3v) is 4.64. The largest absolute Gasteiger partial charge is 0.409 e. The van der Waals surface area contributed by atoms with Gasteiger partial charge in [0, 0.05) is 17.7 Å². The Kier molecular flexibility index (Phi) is 5.37. The summed E-state index contributed by atoms with van der Waals surface area (Å²) in [5.74, 6) is 0.329. The van der Waals surface area contributed by atoms with Gasteiger partial charge in [-0.1, -0.05) is 12.5 Å². The van der Waals surface area contributed by atoms with E-state index < -0.39 is 4.92 Å². The molecule has 0 amide bonds. The molecule has 1 fully saturated rings. The van der Waals surface area contributed by atoms with Crippen LogP contribution in [0.4, 0.5) is 5.69 Å². The van der Waals surface area contributed by atoms with E-state index in [-0.39, 0.29) is 5.69 Å². The zero-order chi connectivity index (χ0) is 16.9. The summed E-state index contributed by atoms with van der Waals surface area (Å²) in [6, 6.07) is 6.25. The molecule has 1 saturated heterocycles. The van der Waals surface area contributed by atoms with Gasteiger partial charge < -0.3 is 9.32 Å². The van der Waals surface area contributed by atoms with Crippen LogP contribution in [-0.4, -0.2) is 27.8 Å². The van der Waals surface area contributed by atoms with Crippen molar-refractivity contribution >= 4 is 17.9 Å². The molecule has 0 unspecified atom stereocenters. The fraction of sp³-hybridized carbons (Fsp3) is 0.500. The number of likely N-dealkylation sites (tertiary alicyclic amines) is 1. The summed E-state index contributed by atoms with van der Waals surface area (Å²) in [7, 11) is 0. The first-order valence-corrected chi connectivity index (χ1v) is 8.70. The van der Waals surface area contributed by atoms with Crippen LogP contribution in [0.2, 0.25) is 0 Å². The molecule has 1 aliphatic heterocycles. The number of nitrogens with one attached hydrogen (secondary N) is 1. The van der Waals surface area contributed by atoms with Crippen LogP contribution >= 0.6 is 12.2 Å². The van der Waals surface area contributed by atoms with E-state index in [2.05, 4.69) is 5.10 Å². The smallest absolute Gasteiger partial charge is 0.292 e. The number of aromatic nitrogens is 2. The van der Waals surface area contributed by atoms with Crippen molar-refractivity contribution in [3.63, 3.8) is 0 Å². The SMILES string of the molecule is O=[N+]([O-])c1cccc(-c2nn(C[NH+]3CCCCCCC3)c(=S)o2)c1. The lowest BCUT2D eigenvalue weighted by atomic mass is 10.1. The van der Waals surface area contributed by atoms with Crippen LogP contribution in [0.15, 0.2) is 28.7 Å². The molecule has 0 bridgehead atoms. The minimum atomic E-state index is -0.431. The lowest BCUT2D eigenvalue weighted by Gasteiger charge is -2.20. The summed E-state index contributed by atoms with van der Waals surface area (Å²) in [6.45, 7) is 2.90. The van der Waals surface area contributed by atoms with Gasteiger partial charge in [-0.15, -0.1) is 5.10 Å². The normalized spacial score (nSPS) is 16.5. The lowest BCUT2D eigenvalue weighted by molar-refractivity contribution is -0.924. The number of nitro groups is 1. The second-order valence-corrected chi connectivity index (χ2v) is 6.51. The number of non-ortho nitro benzene ring substituents is 1. The van der Waals surface area contributed by atoms with Crippen molar-refractivity contribution in [2.24, 2.45) is 0 Å². The Morgan fingerprint density at radius 2 is 1.96 bits per heavy atom. The highest BCUT2D eigenvalue weighted by molar-refractivity contribution is 7.71. The number of hydrogen-bond donors (Lipinski definition) is 1. The number of hydrogen-bond acceptors (Lipinski definition) is 5. The first-order valence-electron chi connectivity index (χ1n) is 8.30. The molecule has 2 heterocycles. The molecule has 1 N–H and O–H groups in total. The van der Waals surface area contributed by atoms with Crippen molar-refractivity contribution < 1.29 is 14.2 Å². The van der Waals surface area contributed by atoms with Gasteiger partial charge in [0.05, 0.1) is 18.0 Å². The van der Waals surface area contributed by atoms with Crippen LogP contribution in [0.1, 0.15) is 32.1 Å². The molecule has 0 saturated carbocycles. The van der Waals surface area contributed by atoms with Gasteiger partial charge in [0.2, 0.25) is 5.89 Å². The van der Waals surface area contributed by atoms with Gasteiger partial charge in [-0.3, -0.25) is 10.1 Å². The molecule has 3 rings (SSSR count). The number of rotatable bonds is 4. The maximum absolute atomic E-state index is 10.9. The van der Waals surface area contributed by atoms with E-state index in [1.807, 2.05) is 0 Å². The summed E-state index contributed by atoms with van der Waals surface area (Å²) in [4.78, 5) is 12.2. The monoisotopic (exact) mass is 349 g/mol. The number of quaternary nitrogens is 1. The highest BCUT2D eigenvalue weighted by Crippen LogP contribution is 2.22. The van der Waals surface area contributed by atoms with E-state index in [0.717, 1.165) is 13.1 Å². The number of benzene rings is 1. The summed E-state index contributed by atoms with van der Waals surface area (Å²) < 4.78 is 7.26. The second kappa shape index (κ2) is 7.67. The molecule has 0 atom stereocenters. The quantitative estimate of drug-likeness (QED) is 0.521. The third kappa shape index (κ3) is 4.07. The van der Waals surface area contributed by atoms with Crippen LogP contribution in [0.3, 0.4) is 0 Å². The Hall–Kier alpha value is -2.06. The topological polar surface area (TPSA) is 78.5 Å². The van der Waals surface area contributed by atoms with Gasteiger partial charge in [-0.05, 0) is 44.0 Å². The molecule has 128 valence electrons. The molecule has 8 heteroatoms. The summed E-state index contributed by atoms with van der Waals surface area (Å²) in [6.07, 6.45) is 6.34. The minimum absolute atomic E-state index is 0.0116. The molecule has 24 heavy (non-hydrogen) atoms. The lowest BCUT2D eigenvalue weighted by Crippen LogP contribution is -3.11. The van der Waals surface area contributed by atoms with Crippen molar-refractivity contribution in [2.45, 2.75) is 38.8 Å². The molecule has 0 aliphatic carbocycles. The molecular formula is C16H21N4O3S+. The summed E-state index contributed by atoms with van der Waals surface area (Å²) in [5.41, 5.74) is 0.578. The van der Waals surface area contributed by atoms with Gasteiger partial charge in [0.1, 0.15) is 0 Å². The fourth-order valence-corrected chi connectivity index (χ4v) is 3.23. The fourth-order valence-electron chi connectivity index (χ4n) is 3.05. The molecule has 1 aliphatic rings. The van der Waals surface area contributed by atoms with Gasteiger partial charge >= 0.3 is 0 Å². The van der Waals surface area contributed by atoms with E-state index >= 15 is 0 Å². The first kappa shape index (κ1) is 16.8. The van der Waals surface area contributed by atoms with Crippen LogP contribution < -0.4 is 4.90 Å². The molecule has 1 aromatic heterocycles. The van der Waals surface area contributed by atoms with Crippen LogP contribution in [0, 0.1) is 15.0 Å². The van der Waals surface area contributed by atoms with Crippen molar-refractivity contribution in [2.75, 3.05) is 13.1 Å². The van der Waals surface area contributed by atoms with Crippen molar-refractivity contribution in [3.8, 4) is 11.5 Å². The van der Waals surface area contributed by atoms with Gasteiger partial charge in [-0.25, -0.2) is 0 Å². The second-order valence-electron chi connectivity index (χ2n) is 6.16. The Labute approximate surface area is 145 Å².